The van der Waals surface area contributed by atoms with Gasteiger partial charge in [0, 0.05) is 37.1 Å². The van der Waals surface area contributed by atoms with E-state index < -0.39 is 0 Å². The van der Waals surface area contributed by atoms with Crippen LogP contribution in [0.25, 0.3) is 0 Å². The van der Waals surface area contributed by atoms with E-state index in [1.807, 2.05) is 58.9 Å². The number of hydrogen-bond donors (Lipinski definition) is 3. The fourth-order valence-electron chi connectivity index (χ4n) is 3.47. The van der Waals surface area contributed by atoms with Gasteiger partial charge in [0.2, 0.25) is 5.95 Å². The van der Waals surface area contributed by atoms with Crippen LogP contribution in [0, 0.1) is 5.92 Å². The van der Waals surface area contributed by atoms with Gasteiger partial charge in [0.05, 0.1) is 16.3 Å². The minimum absolute atomic E-state index is 0.198. The van der Waals surface area contributed by atoms with Crippen LogP contribution in [0.5, 0.6) is 0 Å². The van der Waals surface area contributed by atoms with Crippen LogP contribution in [0.2, 0.25) is 5.02 Å². The van der Waals surface area contributed by atoms with Crippen LogP contribution in [0.1, 0.15) is 36.0 Å². The fourth-order valence-corrected chi connectivity index (χ4v) is 3.69. The van der Waals surface area contributed by atoms with E-state index in [1.165, 1.54) is 12.4 Å². The molecular formula is C25H28ClN5O3. The van der Waals surface area contributed by atoms with Crippen molar-refractivity contribution in [1.82, 2.24) is 20.8 Å². The maximum Gasteiger partial charge on any atom is 0.254 e. The number of hydroxylamine groups is 1. The monoisotopic (exact) mass is 481 g/mol. The van der Waals surface area contributed by atoms with Gasteiger partial charge < -0.3 is 15.3 Å². The van der Waals surface area contributed by atoms with Crippen molar-refractivity contribution in [3.8, 4) is 0 Å². The third-order valence-electron chi connectivity index (χ3n) is 5.29. The lowest BCUT2D eigenvalue weighted by atomic mass is 10.0. The highest BCUT2D eigenvalue weighted by atomic mass is 35.5. The van der Waals surface area contributed by atoms with E-state index in [-0.39, 0.29) is 18.4 Å². The third-order valence-corrected chi connectivity index (χ3v) is 5.61. The minimum Gasteiger partial charge on any atom is -0.352 e. The molecule has 0 fully saturated rings. The van der Waals surface area contributed by atoms with Crippen LogP contribution in [-0.2, 0) is 4.79 Å². The zero-order chi connectivity index (χ0) is 24.2. The average Bonchev–Trinajstić information content (AvgIpc) is 2.87. The van der Waals surface area contributed by atoms with Crippen LogP contribution in [0.15, 0.2) is 67.0 Å². The van der Waals surface area contributed by atoms with E-state index in [9.17, 15) is 9.59 Å². The normalized spacial score (nSPS) is 11.6. The number of nitrogens with one attached hydrogen (secondary N) is 2. The Kier molecular flexibility index (Phi) is 9.97. The molecule has 0 aliphatic carbocycles. The number of halogens is 1. The molecule has 1 heterocycles. The Morgan fingerprint density at radius 2 is 1.74 bits per heavy atom. The van der Waals surface area contributed by atoms with Crippen molar-refractivity contribution >= 4 is 41.1 Å². The zero-order valence-electron chi connectivity index (χ0n) is 18.7. The van der Waals surface area contributed by atoms with Crippen LogP contribution < -0.4 is 15.7 Å². The maximum absolute atomic E-state index is 12.5. The second-order valence-corrected chi connectivity index (χ2v) is 8.16. The van der Waals surface area contributed by atoms with Crippen molar-refractivity contribution < 1.29 is 14.8 Å². The molecule has 0 aliphatic rings. The molecule has 9 heteroatoms. The molecule has 2 aromatic carbocycles. The van der Waals surface area contributed by atoms with Gasteiger partial charge in [0.1, 0.15) is 6.29 Å². The molecule has 8 nitrogen and oxygen atoms in total. The first-order valence-corrected chi connectivity index (χ1v) is 11.5. The number of hydrogen-bond acceptors (Lipinski definition) is 7. The molecule has 1 amide bonds. The van der Waals surface area contributed by atoms with Gasteiger partial charge in [0.15, 0.2) is 0 Å². The number of benzene rings is 2. The van der Waals surface area contributed by atoms with Gasteiger partial charge in [-0.05, 0) is 37.1 Å². The predicted octanol–water partition coefficient (Wildman–Crippen LogP) is 4.68. The molecule has 1 aromatic heterocycles. The molecule has 1 unspecified atom stereocenters. The van der Waals surface area contributed by atoms with Crippen LogP contribution >= 0.6 is 11.6 Å². The number of nitrogens with zero attached hydrogens (tertiary/aromatic N) is 3. The summed E-state index contributed by atoms with van der Waals surface area (Å²) in [5.41, 5.74) is 3.97. The highest BCUT2D eigenvalue weighted by Gasteiger charge is 2.18. The summed E-state index contributed by atoms with van der Waals surface area (Å²) >= 11 is 6.44. The van der Waals surface area contributed by atoms with Crippen LogP contribution in [-0.4, -0.2) is 40.5 Å². The van der Waals surface area contributed by atoms with E-state index in [1.54, 1.807) is 6.07 Å². The molecule has 178 valence electrons. The fraction of sp³-hybridized carbons (Fsp3) is 0.280. The van der Waals surface area contributed by atoms with Gasteiger partial charge in [-0.3, -0.25) is 9.69 Å². The molecule has 3 N–H and O–H groups in total. The number of carbonyl (C=O) groups excluding carboxylic acids is 2. The van der Waals surface area contributed by atoms with Crippen molar-refractivity contribution in [2.45, 2.75) is 25.7 Å². The number of aromatic nitrogens is 2. The van der Waals surface area contributed by atoms with Gasteiger partial charge >= 0.3 is 0 Å². The first kappa shape index (κ1) is 25.3. The van der Waals surface area contributed by atoms with Crippen molar-refractivity contribution in [2.24, 2.45) is 5.92 Å². The number of rotatable bonds is 13. The summed E-state index contributed by atoms with van der Waals surface area (Å²) in [7, 11) is 0. The summed E-state index contributed by atoms with van der Waals surface area (Å²) in [4.78, 5) is 34.1. The summed E-state index contributed by atoms with van der Waals surface area (Å²) < 4.78 is 0. The van der Waals surface area contributed by atoms with Gasteiger partial charge in [0.25, 0.3) is 5.91 Å². The standard InChI is InChI=1S/C25H28ClN5O3/c26-22-12-6-7-13-23(22)31(21-10-4-1-5-11-21)25-28-16-20(17-29-25)24(33)27-14-8-2-3-9-19(18-32)15-30-34/h1,4-7,10-13,16-19,30,34H,2-3,8-9,14-15H2,(H,27,33). The second kappa shape index (κ2) is 13.4. The largest absolute Gasteiger partial charge is 0.352 e. The van der Waals surface area contributed by atoms with Gasteiger partial charge in [-0.25, -0.2) is 15.4 Å². The van der Waals surface area contributed by atoms with Crippen molar-refractivity contribution in [2.75, 3.05) is 18.0 Å². The Hall–Kier alpha value is -3.33. The van der Waals surface area contributed by atoms with Crippen molar-refractivity contribution in [3.05, 3.63) is 77.6 Å². The Morgan fingerprint density at radius 3 is 2.41 bits per heavy atom. The number of anilines is 3. The van der Waals surface area contributed by atoms with E-state index >= 15 is 0 Å². The summed E-state index contributed by atoms with van der Waals surface area (Å²) in [6, 6.07) is 17.1. The SMILES string of the molecule is O=CC(CCCCCNC(=O)c1cnc(N(c2ccccc2)c2ccccc2Cl)nc1)CNO. The van der Waals surface area contributed by atoms with Gasteiger partial charge in [-0.2, -0.15) is 0 Å². The molecule has 0 bridgehead atoms. The summed E-state index contributed by atoms with van der Waals surface area (Å²) in [5.74, 6) is -0.0415. The van der Waals surface area contributed by atoms with Gasteiger partial charge in [-0.1, -0.05) is 54.8 Å². The summed E-state index contributed by atoms with van der Waals surface area (Å²) in [6.07, 6.45) is 7.05. The summed E-state index contributed by atoms with van der Waals surface area (Å²) in [6.45, 7) is 0.773. The number of unbranched alkanes of at least 4 members (excludes halogenated alkanes) is 2. The Labute approximate surface area is 204 Å². The molecule has 1 atom stereocenters. The lowest BCUT2D eigenvalue weighted by Gasteiger charge is -2.23. The number of amides is 1. The molecule has 0 radical (unpaired) electrons. The first-order chi connectivity index (χ1) is 16.6. The molecule has 3 aromatic rings. The molecule has 0 saturated heterocycles. The molecule has 0 saturated carbocycles. The Morgan fingerprint density at radius 1 is 1.03 bits per heavy atom. The topological polar surface area (TPSA) is 107 Å². The smallest absolute Gasteiger partial charge is 0.254 e. The highest BCUT2D eigenvalue weighted by Crippen LogP contribution is 2.36. The quantitative estimate of drug-likeness (QED) is 0.185. The summed E-state index contributed by atoms with van der Waals surface area (Å²) in [5, 5.41) is 12.1. The van der Waals surface area contributed by atoms with E-state index in [4.69, 9.17) is 16.8 Å². The molecule has 34 heavy (non-hydrogen) atoms. The average molecular weight is 482 g/mol. The zero-order valence-corrected chi connectivity index (χ0v) is 19.5. The minimum atomic E-state index is -0.245. The lowest BCUT2D eigenvalue weighted by Crippen LogP contribution is -2.25. The molecular weight excluding hydrogens is 454 g/mol. The Bertz CT molecular complexity index is 1050. The number of carbonyl (C=O) groups is 2. The number of aldehydes is 1. The Balaban J connectivity index is 1.59. The van der Waals surface area contributed by atoms with Crippen LogP contribution in [0.4, 0.5) is 17.3 Å². The van der Waals surface area contributed by atoms with E-state index in [2.05, 4.69) is 15.3 Å². The third kappa shape index (κ3) is 7.08. The predicted molar refractivity (Wildman–Crippen MR) is 132 cm³/mol. The molecule has 0 aliphatic heterocycles. The van der Waals surface area contributed by atoms with Gasteiger partial charge in [-0.15, -0.1) is 0 Å². The van der Waals surface area contributed by atoms with Crippen LogP contribution in [0.3, 0.4) is 0 Å². The second-order valence-electron chi connectivity index (χ2n) is 7.76. The molecule has 3 rings (SSSR count). The maximum atomic E-state index is 12.5. The number of para-hydroxylation sites is 2. The van der Waals surface area contributed by atoms with Crippen molar-refractivity contribution in [1.29, 1.82) is 0 Å². The first-order valence-electron chi connectivity index (χ1n) is 11.2. The lowest BCUT2D eigenvalue weighted by molar-refractivity contribution is -0.111. The van der Waals surface area contributed by atoms with E-state index in [0.717, 1.165) is 36.9 Å². The van der Waals surface area contributed by atoms with Crippen molar-refractivity contribution in [3.63, 3.8) is 0 Å². The highest BCUT2D eigenvalue weighted by molar-refractivity contribution is 6.33. The van der Waals surface area contributed by atoms with E-state index in [0.29, 0.717) is 29.5 Å². The molecule has 0 spiro atoms.